The molecule has 0 aliphatic carbocycles. The Bertz CT molecular complexity index is 680. The molecule has 0 saturated heterocycles. The Labute approximate surface area is 109 Å². The summed E-state index contributed by atoms with van der Waals surface area (Å²) in [6.45, 7) is 3.56. The number of sulfonamides is 1. The van der Waals surface area contributed by atoms with Crippen LogP contribution >= 0.6 is 11.3 Å². The van der Waals surface area contributed by atoms with Crippen molar-refractivity contribution < 1.29 is 12.8 Å². The second kappa shape index (κ2) is 4.66. The van der Waals surface area contributed by atoms with Crippen LogP contribution in [0, 0.1) is 19.8 Å². The van der Waals surface area contributed by atoms with E-state index < -0.39 is 16.0 Å². The second-order valence-corrected chi connectivity index (χ2v) is 6.84. The van der Waals surface area contributed by atoms with Crippen molar-refractivity contribution in [1.82, 2.24) is 4.98 Å². The normalized spacial score (nSPS) is 11.5. The van der Waals surface area contributed by atoms with Crippen molar-refractivity contribution in [2.45, 2.75) is 18.7 Å². The minimum Gasteiger partial charge on any atom is -0.263 e. The van der Waals surface area contributed by atoms with Gasteiger partial charge >= 0.3 is 0 Å². The molecule has 0 radical (unpaired) electrons. The topological polar surface area (TPSA) is 59.1 Å². The Kier molecular flexibility index (Phi) is 3.36. The molecule has 0 bridgehead atoms. The van der Waals surface area contributed by atoms with Crippen molar-refractivity contribution >= 4 is 27.2 Å². The molecular formula is C11H11FN2O2S2. The van der Waals surface area contributed by atoms with E-state index in [0.717, 1.165) is 10.9 Å². The van der Waals surface area contributed by atoms with Crippen LogP contribution in [0.4, 0.5) is 10.2 Å². The summed E-state index contributed by atoms with van der Waals surface area (Å²) in [6, 6.07) is 5.53. The van der Waals surface area contributed by atoms with Crippen molar-refractivity contribution in [2.75, 3.05) is 4.72 Å². The van der Waals surface area contributed by atoms with Gasteiger partial charge in [0.15, 0.2) is 0 Å². The van der Waals surface area contributed by atoms with Crippen molar-refractivity contribution in [3.8, 4) is 0 Å². The highest BCUT2D eigenvalue weighted by molar-refractivity contribution is 7.93. The molecule has 0 amide bonds. The Morgan fingerprint density at radius 3 is 2.61 bits per heavy atom. The van der Waals surface area contributed by atoms with Gasteiger partial charge < -0.3 is 0 Å². The van der Waals surface area contributed by atoms with Gasteiger partial charge in [0.25, 0.3) is 10.0 Å². The summed E-state index contributed by atoms with van der Waals surface area (Å²) < 4.78 is 39.3. The molecular weight excluding hydrogens is 275 g/mol. The molecule has 0 spiro atoms. The summed E-state index contributed by atoms with van der Waals surface area (Å²) in [5.74, 6) is -0.758. The summed E-state index contributed by atoms with van der Waals surface area (Å²) in [7, 11) is -3.71. The number of hydrogen-bond donors (Lipinski definition) is 1. The monoisotopic (exact) mass is 286 g/mol. The molecule has 2 aromatic heterocycles. The lowest BCUT2D eigenvalue weighted by Crippen LogP contribution is -2.14. The molecule has 7 heteroatoms. The molecule has 2 rings (SSSR count). The van der Waals surface area contributed by atoms with Gasteiger partial charge in [-0.25, -0.2) is 13.4 Å². The fourth-order valence-corrected chi connectivity index (χ4v) is 4.09. The fraction of sp³-hybridized carbons (Fsp3) is 0.182. The first-order valence-corrected chi connectivity index (χ1v) is 7.41. The highest BCUT2D eigenvalue weighted by Gasteiger charge is 2.19. The van der Waals surface area contributed by atoms with E-state index in [4.69, 9.17) is 0 Å². The summed E-state index contributed by atoms with van der Waals surface area (Å²) in [5.41, 5.74) is 0. The predicted molar refractivity (Wildman–Crippen MR) is 68.8 cm³/mol. The van der Waals surface area contributed by atoms with Crippen molar-refractivity contribution in [3.63, 3.8) is 0 Å². The van der Waals surface area contributed by atoms with Gasteiger partial charge in [-0.15, -0.1) is 11.3 Å². The molecule has 1 N–H and O–H groups in total. The lowest BCUT2D eigenvalue weighted by atomic mass is 10.4. The minimum absolute atomic E-state index is 0.0294. The van der Waals surface area contributed by atoms with Crippen molar-refractivity contribution in [3.05, 3.63) is 40.0 Å². The average Bonchev–Trinajstić information content (AvgIpc) is 2.58. The zero-order valence-electron chi connectivity index (χ0n) is 9.77. The lowest BCUT2D eigenvalue weighted by Gasteiger charge is -2.06. The predicted octanol–water partition coefficient (Wildman–Crippen LogP) is 2.70. The Morgan fingerprint density at radius 1 is 1.33 bits per heavy atom. The van der Waals surface area contributed by atoms with Gasteiger partial charge in [-0.2, -0.15) is 4.39 Å². The maximum absolute atomic E-state index is 12.9. The van der Waals surface area contributed by atoms with E-state index in [9.17, 15) is 12.8 Å². The number of aromatic nitrogens is 1. The quantitative estimate of drug-likeness (QED) is 0.883. The largest absolute Gasteiger partial charge is 0.264 e. The molecule has 0 aliphatic heterocycles. The van der Waals surface area contributed by atoms with Gasteiger partial charge in [-0.1, -0.05) is 6.07 Å². The van der Waals surface area contributed by atoms with E-state index in [1.165, 1.54) is 23.5 Å². The summed E-state index contributed by atoms with van der Waals surface area (Å²) >= 11 is 1.40. The first-order valence-electron chi connectivity index (χ1n) is 5.11. The Hall–Kier alpha value is -1.47. The van der Waals surface area contributed by atoms with Crippen LogP contribution in [0.2, 0.25) is 0 Å². The smallest absolute Gasteiger partial charge is 0.263 e. The molecule has 2 heterocycles. The van der Waals surface area contributed by atoms with Crippen LogP contribution in [0.25, 0.3) is 0 Å². The number of nitrogens with zero attached hydrogens (tertiary/aromatic N) is 1. The van der Waals surface area contributed by atoms with Crippen LogP contribution in [0.5, 0.6) is 0 Å². The molecule has 0 aromatic carbocycles. The first kappa shape index (κ1) is 13.0. The lowest BCUT2D eigenvalue weighted by molar-refractivity contribution is 0.584. The third-order valence-corrected chi connectivity index (χ3v) is 4.82. The number of halogens is 1. The van der Waals surface area contributed by atoms with Gasteiger partial charge in [0.2, 0.25) is 5.95 Å². The number of aryl methyl sites for hydroxylation is 2. The highest BCUT2D eigenvalue weighted by Crippen LogP contribution is 2.26. The van der Waals surface area contributed by atoms with E-state index in [1.807, 2.05) is 6.92 Å². The second-order valence-electron chi connectivity index (χ2n) is 3.73. The SMILES string of the molecule is Cc1cc(S(=O)(=O)Nc2cccc(F)n2)c(C)s1. The zero-order chi connectivity index (χ0) is 13.3. The molecule has 0 unspecified atom stereocenters. The molecule has 0 fully saturated rings. The van der Waals surface area contributed by atoms with E-state index in [-0.39, 0.29) is 10.7 Å². The van der Waals surface area contributed by atoms with Crippen LogP contribution in [0.1, 0.15) is 9.75 Å². The highest BCUT2D eigenvalue weighted by atomic mass is 32.2. The van der Waals surface area contributed by atoms with E-state index in [1.54, 1.807) is 13.0 Å². The molecule has 96 valence electrons. The van der Waals surface area contributed by atoms with Crippen LogP contribution in [0.15, 0.2) is 29.2 Å². The van der Waals surface area contributed by atoms with E-state index >= 15 is 0 Å². The van der Waals surface area contributed by atoms with Crippen molar-refractivity contribution in [1.29, 1.82) is 0 Å². The third-order valence-electron chi connectivity index (χ3n) is 2.24. The van der Waals surface area contributed by atoms with E-state index in [2.05, 4.69) is 9.71 Å². The molecule has 0 aliphatic rings. The third kappa shape index (κ3) is 2.68. The zero-order valence-corrected chi connectivity index (χ0v) is 11.4. The van der Waals surface area contributed by atoms with Crippen molar-refractivity contribution in [2.24, 2.45) is 0 Å². The molecule has 18 heavy (non-hydrogen) atoms. The molecule has 4 nitrogen and oxygen atoms in total. The number of anilines is 1. The Balaban J connectivity index is 2.36. The van der Waals surface area contributed by atoms with Gasteiger partial charge in [0.1, 0.15) is 10.7 Å². The standard InChI is InChI=1S/C11H11FN2O2S2/c1-7-6-9(8(2)17-7)18(15,16)14-11-5-3-4-10(12)13-11/h3-6H,1-2H3,(H,13,14). The number of pyridine rings is 1. The van der Waals surface area contributed by atoms with Gasteiger partial charge in [-0.05, 0) is 32.0 Å². The molecule has 0 saturated carbocycles. The van der Waals surface area contributed by atoms with Crippen LogP contribution < -0.4 is 4.72 Å². The van der Waals surface area contributed by atoms with E-state index in [0.29, 0.717) is 4.88 Å². The van der Waals surface area contributed by atoms with Crippen LogP contribution in [0.3, 0.4) is 0 Å². The maximum atomic E-state index is 12.9. The Morgan fingerprint density at radius 2 is 2.06 bits per heavy atom. The summed E-state index contributed by atoms with van der Waals surface area (Å²) in [5, 5.41) is 0. The average molecular weight is 286 g/mol. The summed E-state index contributed by atoms with van der Waals surface area (Å²) in [6.07, 6.45) is 0. The number of thiophene rings is 1. The number of nitrogens with one attached hydrogen (secondary N) is 1. The number of rotatable bonds is 3. The summed E-state index contributed by atoms with van der Waals surface area (Å²) in [4.78, 5) is 5.27. The van der Waals surface area contributed by atoms with Gasteiger partial charge in [-0.3, -0.25) is 4.72 Å². The molecule has 0 atom stereocenters. The maximum Gasteiger partial charge on any atom is 0.264 e. The van der Waals surface area contributed by atoms with Crippen LogP contribution in [-0.4, -0.2) is 13.4 Å². The fourth-order valence-electron chi connectivity index (χ4n) is 1.53. The van der Waals surface area contributed by atoms with Gasteiger partial charge in [0.05, 0.1) is 0 Å². The number of hydrogen-bond acceptors (Lipinski definition) is 4. The minimum atomic E-state index is -3.71. The van der Waals surface area contributed by atoms with Crippen LogP contribution in [-0.2, 0) is 10.0 Å². The first-order chi connectivity index (χ1) is 8.38. The van der Waals surface area contributed by atoms with Gasteiger partial charge in [0, 0.05) is 9.75 Å². The molecule has 2 aromatic rings.